The van der Waals surface area contributed by atoms with Crippen LogP contribution in [-0.2, 0) is 13.5 Å². The largest absolute Gasteiger partial charge is 0.394 e. The Kier molecular flexibility index (Phi) is 6.20. The predicted octanol–water partition coefficient (Wildman–Crippen LogP) is 1.43. The van der Waals surface area contributed by atoms with Crippen LogP contribution in [0.15, 0.2) is 0 Å². The van der Waals surface area contributed by atoms with Crippen LogP contribution in [-0.4, -0.2) is 39.6 Å². The van der Waals surface area contributed by atoms with Crippen LogP contribution in [0.1, 0.15) is 43.6 Å². The molecular formula is C15H28N4O2. The van der Waals surface area contributed by atoms with Crippen molar-refractivity contribution in [2.75, 3.05) is 13.2 Å². The smallest absolute Gasteiger partial charge is 0.315 e. The van der Waals surface area contributed by atoms with Gasteiger partial charge in [0.15, 0.2) is 0 Å². The summed E-state index contributed by atoms with van der Waals surface area (Å²) < 4.78 is 1.86. The van der Waals surface area contributed by atoms with Crippen molar-refractivity contribution in [2.24, 2.45) is 7.05 Å². The van der Waals surface area contributed by atoms with Gasteiger partial charge in [-0.1, -0.05) is 13.3 Å². The molecular weight excluding hydrogens is 268 g/mol. The summed E-state index contributed by atoms with van der Waals surface area (Å²) in [5.74, 6) is 0. The Morgan fingerprint density at radius 1 is 1.43 bits per heavy atom. The maximum atomic E-state index is 11.9. The van der Waals surface area contributed by atoms with Crippen molar-refractivity contribution in [1.29, 1.82) is 0 Å². The van der Waals surface area contributed by atoms with Crippen molar-refractivity contribution < 1.29 is 9.90 Å². The molecule has 1 atom stereocenters. The SMILES string of the molecule is CCCC(C)(CO)NC(=O)NCCc1c(C)nn(C)c1C. The number of nitrogens with one attached hydrogen (secondary N) is 2. The van der Waals surface area contributed by atoms with E-state index >= 15 is 0 Å². The molecule has 6 heteroatoms. The Bertz CT molecular complexity index is 484. The second-order valence-corrected chi connectivity index (χ2v) is 5.87. The Labute approximate surface area is 126 Å². The normalized spacial score (nSPS) is 13.8. The molecule has 0 aliphatic rings. The lowest BCUT2D eigenvalue weighted by Crippen LogP contribution is -2.52. The van der Waals surface area contributed by atoms with Gasteiger partial charge < -0.3 is 15.7 Å². The van der Waals surface area contributed by atoms with Gasteiger partial charge >= 0.3 is 6.03 Å². The minimum absolute atomic E-state index is 0.0604. The summed E-state index contributed by atoms with van der Waals surface area (Å²) in [6, 6.07) is -0.237. The third kappa shape index (κ3) is 4.74. The second kappa shape index (κ2) is 7.45. The average Bonchev–Trinajstić information content (AvgIpc) is 2.65. The highest BCUT2D eigenvalue weighted by Crippen LogP contribution is 2.12. The zero-order chi connectivity index (χ0) is 16.0. The van der Waals surface area contributed by atoms with Crippen LogP contribution < -0.4 is 10.6 Å². The number of aromatic nitrogens is 2. The van der Waals surface area contributed by atoms with Gasteiger partial charge in [0.05, 0.1) is 17.8 Å². The molecule has 120 valence electrons. The number of carbonyl (C=O) groups excluding carboxylic acids is 1. The van der Waals surface area contributed by atoms with Crippen molar-refractivity contribution in [3.63, 3.8) is 0 Å². The molecule has 0 fully saturated rings. The van der Waals surface area contributed by atoms with Crippen LogP contribution in [0.3, 0.4) is 0 Å². The Hall–Kier alpha value is -1.56. The summed E-state index contributed by atoms with van der Waals surface area (Å²) in [6.07, 6.45) is 2.41. The van der Waals surface area contributed by atoms with Gasteiger partial charge in [-0.25, -0.2) is 4.79 Å². The van der Waals surface area contributed by atoms with Gasteiger partial charge in [-0.2, -0.15) is 5.10 Å². The number of rotatable bonds is 7. The third-order valence-corrected chi connectivity index (χ3v) is 3.89. The van der Waals surface area contributed by atoms with Gasteiger partial charge in [0, 0.05) is 19.3 Å². The van der Waals surface area contributed by atoms with Crippen molar-refractivity contribution in [2.45, 2.75) is 52.5 Å². The van der Waals surface area contributed by atoms with Crippen LogP contribution in [0.4, 0.5) is 4.79 Å². The molecule has 0 radical (unpaired) electrons. The number of urea groups is 1. The first-order chi connectivity index (χ1) is 9.83. The lowest BCUT2D eigenvalue weighted by atomic mass is 9.98. The number of aryl methyl sites for hydroxylation is 2. The fraction of sp³-hybridized carbons (Fsp3) is 0.733. The third-order valence-electron chi connectivity index (χ3n) is 3.89. The predicted molar refractivity (Wildman–Crippen MR) is 83.3 cm³/mol. The standard InChI is InChI=1S/C15H28N4O2/c1-6-8-15(4,10-20)17-14(21)16-9-7-13-11(2)18-19(5)12(13)3/h20H,6-10H2,1-5H3,(H2,16,17,21). The number of hydrogen-bond acceptors (Lipinski definition) is 3. The highest BCUT2D eigenvalue weighted by molar-refractivity contribution is 5.74. The first-order valence-electron chi connectivity index (χ1n) is 7.49. The fourth-order valence-corrected chi connectivity index (χ4v) is 2.53. The first kappa shape index (κ1) is 17.5. The summed E-state index contributed by atoms with van der Waals surface area (Å²) >= 11 is 0. The lowest BCUT2D eigenvalue weighted by Gasteiger charge is -2.28. The molecule has 0 spiro atoms. The number of nitrogens with zero attached hydrogens (tertiary/aromatic N) is 2. The van der Waals surface area contributed by atoms with Crippen molar-refractivity contribution in [3.8, 4) is 0 Å². The Morgan fingerprint density at radius 2 is 2.10 bits per heavy atom. The molecule has 1 aromatic heterocycles. The summed E-state index contributed by atoms with van der Waals surface area (Å²) in [5, 5.41) is 19.4. The molecule has 6 nitrogen and oxygen atoms in total. The molecule has 1 rings (SSSR count). The highest BCUT2D eigenvalue weighted by Gasteiger charge is 2.24. The van der Waals surface area contributed by atoms with E-state index in [4.69, 9.17) is 0 Å². The molecule has 21 heavy (non-hydrogen) atoms. The summed E-state index contributed by atoms with van der Waals surface area (Å²) in [5.41, 5.74) is 2.75. The van der Waals surface area contributed by atoms with E-state index in [1.165, 1.54) is 5.56 Å². The monoisotopic (exact) mass is 296 g/mol. The Balaban J connectivity index is 2.47. The molecule has 1 unspecified atom stereocenters. The van der Waals surface area contributed by atoms with Gasteiger partial charge in [0.1, 0.15) is 0 Å². The maximum Gasteiger partial charge on any atom is 0.315 e. The number of carbonyl (C=O) groups is 1. The van der Waals surface area contributed by atoms with E-state index in [9.17, 15) is 9.90 Å². The van der Waals surface area contributed by atoms with Gasteiger partial charge in [-0.05, 0) is 39.2 Å². The van der Waals surface area contributed by atoms with Crippen LogP contribution in [0.2, 0.25) is 0 Å². The van der Waals surface area contributed by atoms with Gasteiger partial charge in [-0.3, -0.25) is 4.68 Å². The van der Waals surface area contributed by atoms with E-state index in [2.05, 4.69) is 15.7 Å². The van der Waals surface area contributed by atoms with Crippen LogP contribution in [0.5, 0.6) is 0 Å². The Morgan fingerprint density at radius 3 is 2.57 bits per heavy atom. The van der Waals surface area contributed by atoms with E-state index in [-0.39, 0.29) is 12.6 Å². The molecule has 1 heterocycles. The fourth-order valence-electron chi connectivity index (χ4n) is 2.53. The lowest BCUT2D eigenvalue weighted by molar-refractivity contribution is 0.163. The van der Waals surface area contributed by atoms with E-state index in [1.807, 2.05) is 39.4 Å². The number of amides is 2. The van der Waals surface area contributed by atoms with Crippen molar-refractivity contribution in [3.05, 3.63) is 17.0 Å². The second-order valence-electron chi connectivity index (χ2n) is 5.87. The van der Waals surface area contributed by atoms with Crippen LogP contribution in [0.25, 0.3) is 0 Å². The van der Waals surface area contributed by atoms with E-state index in [1.54, 1.807) is 0 Å². The summed E-state index contributed by atoms with van der Waals surface area (Å²) in [7, 11) is 1.92. The molecule has 0 aliphatic carbocycles. The van der Waals surface area contributed by atoms with Crippen molar-refractivity contribution in [1.82, 2.24) is 20.4 Å². The molecule has 2 amide bonds. The zero-order valence-corrected chi connectivity index (χ0v) is 13.8. The zero-order valence-electron chi connectivity index (χ0n) is 13.8. The molecule has 3 N–H and O–H groups in total. The number of aliphatic hydroxyl groups is 1. The molecule has 0 aliphatic heterocycles. The quantitative estimate of drug-likeness (QED) is 0.712. The van der Waals surface area contributed by atoms with Gasteiger partial charge in [0.25, 0.3) is 0 Å². The van der Waals surface area contributed by atoms with Crippen molar-refractivity contribution >= 4 is 6.03 Å². The maximum absolute atomic E-state index is 11.9. The molecule has 0 saturated heterocycles. The molecule has 0 saturated carbocycles. The minimum Gasteiger partial charge on any atom is -0.394 e. The average molecular weight is 296 g/mol. The highest BCUT2D eigenvalue weighted by atomic mass is 16.3. The van der Waals surface area contributed by atoms with E-state index in [0.29, 0.717) is 6.54 Å². The topological polar surface area (TPSA) is 79.2 Å². The number of aliphatic hydroxyl groups excluding tert-OH is 1. The van der Waals surface area contributed by atoms with Crippen LogP contribution in [0, 0.1) is 13.8 Å². The molecule has 0 aromatic carbocycles. The summed E-state index contributed by atoms with van der Waals surface area (Å²) in [6.45, 7) is 8.38. The number of hydrogen-bond donors (Lipinski definition) is 3. The van der Waals surface area contributed by atoms with Gasteiger partial charge in [0.2, 0.25) is 0 Å². The van der Waals surface area contributed by atoms with E-state index in [0.717, 1.165) is 30.7 Å². The molecule has 0 bridgehead atoms. The minimum atomic E-state index is -0.557. The first-order valence-corrected chi connectivity index (χ1v) is 7.49. The van der Waals surface area contributed by atoms with Crippen LogP contribution >= 0.6 is 0 Å². The summed E-state index contributed by atoms with van der Waals surface area (Å²) in [4.78, 5) is 11.9. The molecule has 1 aromatic rings. The van der Waals surface area contributed by atoms with E-state index < -0.39 is 5.54 Å². The van der Waals surface area contributed by atoms with Gasteiger partial charge in [-0.15, -0.1) is 0 Å².